The van der Waals surface area contributed by atoms with Crippen LogP contribution in [0.5, 0.6) is 11.5 Å². The Kier molecular flexibility index (Phi) is 6.41. The normalized spacial score (nSPS) is 38.9. The quantitative estimate of drug-likeness (QED) is 0.220. The molecule has 5 nitrogen and oxygen atoms in total. The average Bonchev–Trinajstić information content (AvgIpc) is 3.00. The van der Waals surface area contributed by atoms with Gasteiger partial charge in [-0.15, -0.1) is 0 Å². The summed E-state index contributed by atoms with van der Waals surface area (Å²) in [5.74, 6) is 0.427. The van der Waals surface area contributed by atoms with Gasteiger partial charge in [-0.3, -0.25) is 9.59 Å². The monoisotopic (exact) mass is 531 g/mol. The number of nitrogens with zero attached hydrogens (tertiary/aromatic N) is 1. The second-order valence-corrected chi connectivity index (χ2v) is 14.4. The van der Waals surface area contributed by atoms with Crippen molar-refractivity contribution in [2.24, 2.45) is 27.6 Å². The van der Waals surface area contributed by atoms with Gasteiger partial charge >= 0.3 is 11.9 Å². The molecule has 5 heteroatoms. The van der Waals surface area contributed by atoms with Gasteiger partial charge in [0.2, 0.25) is 0 Å². The van der Waals surface area contributed by atoms with Crippen LogP contribution in [0.15, 0.2) is 17.7 Å². The van der Waals surface area contributed by atoms with E-state index in [1.54, 1.807) is 0 Å². The van der Waals surface area contributed by atoms with Crippen LogP contribution in [0.3, 0.4) is 0 Å². The minimum atomic E-state index is -0.424. The first-order chi connectivity index (χ1) is 18.1. The van der Waals surface area contributed by atoms with Gasteiger partial charge in [0, 0.05) is 19.3 Å². The molecular formula is C34H45NO4. The summed E-state index contributed by atoms with van der Waals surface area (Å²) in [6.07, 6.45) is 12.0. The summed E-state index contributed by atoms with van der Waals surface area (Å²) in [6, 6.07) is 4.65. The maximum absolute atomic E-state index is 12.0. The van der Waals surface area contributed by atoms with E-state index >= 15 is 0 Å². The van der Waals surface area contributed by atoms with Gasteiger partial charge in [0.25, 0.3) is 0 Å². The van der Waals surface area contributed by atoms with Crippen LogP contribution < -0.4 is 9.47 Å². The molecule has 1 aromatic carbocycles. The van der Waals surface area contributed by atoms with Crippen LogP contribution in [0, 0.1) is 45.8 Å². The van der Waals surface area contributed by atoms with Gasteiger partial charge in [-0.1, -0.05) is 39.3 Å². The number of fused-ring (bicyclic) bond motifs is 7. The lowest BCUT2D eigenvalue weighted by atomic mass is 9.36. The fourth-order valence-electron chi connectivity index (χ4n) is 9.52. The van der Waals surface area contributed by atoms with E-state index in [0.29, 0.717) is 17.4 Å². The first-order valence-corrected chi connectivity index (χ1v) is 14.8. The molecule has 0 aliphatic heterocycles. The van der Waals surface area contributed by atoms with Gasteiger partial charge in [0.1, 0.15) is 0 Å². The molecule has 210 valence electrons. The summed E-state index contributed by atoms with van der Waals surface area (Å²) in [6.45, 7) is 16.9. The van der Waals surface area contributed by atoms with Crippen molar-refractivity contribution in [2.45, 2.75) is 119 Å². The van der Waals surface area contributed by atoms with Crippen molar-refractivity contribution in [3.8, 4) is 17.6 Å². The van der Waals surface area contributed by atoms with Crippen molar-refractivity contribution in [3.05, 3.63) is 34.4 Å². The molecule has 1 aromatic rings. The molecule has 0 aromatic heterocycles. The Labute approximate surface area is 234 Å². The molecule has 0 spiro atoms. The van der Waals surface area contributed by atoms with Crippen molar-refractivity contribution in [1.82, 2.24) is 0 Å². The Balaban J connectivity index is 1.61. The van der Waals surface area contributed by atoms with Gasteiger partial charge < -0.3 is 9.47 Å². The minimum absolute atomic E-state index is 0.0410. The van der Waals surface area contributed by atoms with E-state index < -0.39 is 11.9 Å². The predicted octanol–water partition coefficient (Wildman–Crippen LogP) is 7.91. The molecule has 0 bridgehead atoms. The summed E-state index contributed by atoms with van der Waals surface area (Å²) < 4.78 is 11.2. The molecule has 0 N–H and O–H groups in total. The molecule has 4 aliphatic rings. The van der Waals surface area contributed by atoms with Crippen LogP contribution in [0.2, 0.25) is 0 Å². The van der Waals surface area contributed by atoms with Gasteiger partial charge in [-0.05, 0) is 117 Å². The molecule has 5 rings (SSSR count). The highest BCUT2D eigenvalue weighted by atomic mass is 16.6. The third-order valence-electron chi connectivity index (χ3n) is 12.1. The number of carbonyl (C=O) groups is 2. The zero-order chi connectivity index (χ0) is 28.6. The molecule has 0 unspecified atom stereocenters. The number of hydrogen-bond acceptors (Lipinski definition) is 5. The highest BCUT2D eigenvalue weighted by molar-refractivity contribution is 5.76. The van der Waals surface area contributed by atoms with Crippen molar-refractivity contribution in [3.63, 3.8) is 0 Å². The summed E-state index contributed by atoms with van der Waals surface area (Å²) >= 11 is 0. The summed E-state index contributed by atoms with van der Waals surface area (Å²) in [7, 11) is 0. The molecule has 0 radical (unpaired) electrons. The van der Waals surface area contributed by atoms with E-state index in [4.69, 9.17) is 9.47 Å². The maximum Gasteiger partial charge on any atom is 0.308 e. The SMILES string of the molecule is CC(=O)Oc1cc2c(c(C)c1OC(C)=O)CC=C1[C@@]2(C)CC[C@@]2(C)[C@H]3CC[C@](C)(C#N)CC[C@]3(C)CC[C@]12C. The smallest absolute Gasteiger partial charge is 0.308 e. The first-order valence-electron chi connectivity index (χ1n) is 14.8. The average molecular weight is 532 g/mol. The molecular weight excluding hydrogens is 486 g/mol. The number of ether oxygens (including phenoxy) is 2. The minimum Gasteiger partial charge on any atom is -0.423 e. The standard InChI is InChI=1S/C34H45NO4/c1-21-24-9-10-28-32(6,25(24)19-26(38-22(2)36)29(21)39-23(3)37)16-18-33(7)27-11-12-30(4,20-35)13-14-31(27,5)15-17-34(28,33)8/h10,19,27H,9,11-18H2,1-8H3/t27-,30-,31+,32-,33-,34+/m0/s1. The van der Waals surface area contributed by atoms with E-state index in [1.807, 2.05) is 13.0 Å². The number of esters is 2. The molecule has 4 aliphatic carbocycles. The number of nitriles is 1. The zero-order valence-corrected chi connectivity index (χ0v) is 25.2. The largest absolute Gasteiger partial charge is 0.423 e. The molecule has 3 saturated carbocycles. The van der Waals surface area contributed by atoms with E-state index in [2.05, 4.69) is 46.8 Å². The van der Waals surface area contributed by atoms with Crippen LogP contribution in [0.4, 0.5) is 0 Å². The highest BCUT2D eigenvalue weighted by Crippen LogP contribution is 2.73. The van der Waals surface area contributed by atoms with E-state index in [-0.39, 0.29) is 27.1 Å². The zero-order valence-electron chi connectivity index (χ0n) is 25.2. The fourth-order valence-corrected chi connectivity index (χ4v) is 9.52. The van der Waals surface area contributed by atoms with Crippen LogP contribution in [-0.4, -0.2) is 11.9 Å². The summed E-state index contributed by atoms with van der Waals surface area (Å²) in [5, 5.41) is 9.97. The second-order valence-electron chi connectivity index (χ2n) is 14.4. The highest BCUT2D eigenvalue weighted by Gasteiger charge is 2.65. The van der Waals surface area contributed by atoms with E-state index in [9.17, 15) is 14.9 Å². The lowest BCUT2D eigenvalue weighted by Crippen LogP contribution is -2.60. The number of carbonyl (C=O) groups excluding carboxylic acids is 2. The Bertz CT molecular complexity index is 1320. The molecule has 3 fully saturated rings. The van der Waals surface area contributed by atoms with Gasteiger partial charge in [-0.25, -0.2) is 0 Å². The Hall–Kier alpha value is -2.61. The van der Waals surface area contributed by atoms with Crippen molar-refractivity contribution < 1.29 is 19.1 Å². The number of rotatable bonds is 2. The second kappa shape index (κ2) is 8.95. The van der Waals surface area contributed by atoms with Crippen molar-refractivity contribution >= 4 is 11.9 Å². The van der Waals surface area contributed by atoms with Crippen LogP contribution in [-0.2, 0) is 21.4 Å². The molecule has 6 atom stereocenters. The predicted molar refractivity (Wildman–Crippen MR) is 151 cm³/mol. The third-order valence-corrected chi connectivity index (χ3v) is 12.1. The Morgan fingerprint density at radius 3 is 2.23 bits per heavy atom. The van der Waals surface area contributed by atoms with Crippen LogP contribution >= 0.6 is 0 Å². The number of benzene rings is 1. The number of hydrogen-bond donors (Lipinski definition) is 0. The fraction of sp³-hybridized carbons (Fsp3) is 0.676. The molecule has 39 heavy (non-hydrogen) atoms. The van der Waals surface area contributed by atoms with Gasteiger partial charge in [0.05, 0.1) is 11.5 Å². The maximum atomic E-state index is 12.0. The summed E-state index contributed by atoms with van der Waals surface area (Å²) in [5.41, 5.74) is 4.85. The Morgan fingerprint density at radius 2 is 1.59 bits per heavy atom. The summed E-state index contributed by atoms with van der Waals surface area (Å²) in [4.78, 5) is 24.0. The van der Waals surface area contributed by atoms with Gasteiger partial charge in [0.15, 0.2) is 11.5 Å². The van der Waals surface area contributed by atoms with Crippen molar-refractivity contribution in [2.75, 3.05) is 0 Å². The Morgan fingerprint density at radius 1 is 0.923 bits per heavy atom. The lowest BCUT2D eigenvalue weighted by Gasteiger charge is -2.68. The van der Waals surface area contributed by atoms with Gasteiger partial charge in [-0.2, -0.15) is 5.26 Å². The van der Waals surface area contributed by atoms with E-state index in [1.165, 1.54) is 37.0 Å². The molecule has 0 amide bonds. The molecule has 0 saturated heterocycles. The van der Waals surface area contributed by atoms with Crippen LogP contribution in [0.25, 0.3) is 0 Å². The van der Waals surface area contributed by atoms with Crippen LogP contribution in [0.1, 0.15) is 117 Å². The molecule has 0 heterocycles. The topological polar surface area (TPSA) is 76.4 Å². The number of allylic oxidation sites excluding steroid dienone is 2. The van der Waals surface area contributed by atoms with Crippen molar-refractivity contribution in [1.29, 1.82) is 5.26 Å². The van der Waals surface area contributed by atoms with E-state index in [0.717, 1.165) is 56.9 Å². The lowest BCUT2D eigenvalue weighted by molar-refractivity contribution is -0.134. The first kappa shape index (κ1) is 27.9. The third kappa shape index (κ3) is 3.99.